The van der Waals surface area contributed by atoms with Crippen LogP contribution in [0.5, 0.6) is 0 Å². The summed E-state index contributed by atoms with van der Waals surface area (Å²) < 4.78 is 5.18. The van der Waals surface area contributed by atoms with Gasteiger partial charge in [-0.3, -0.25) is 0 Å². The second-order valence-electron chi connectivity index (χ2n) is 3.08. The number of rotatable bonds is 1. The van der Waals surface area contributed by atoms with Crippen molar-refractivity contribution in [2.75, 3.05) is 5.73 Å². The Morgan fingerprint density at radius 1 is 1.29 bits per heavy atom. The Morgan fingerprint density at radius 2 is 1.93 bits per heavy atom. The van der Waals surface area contributed by atoms with Gasteiger partial charge in [0, 0.05) is 5.56 Å². The lowest BCUT2D eigenvalue weighted by Crippen LogP contribution is -1.81. The van der Waals surface area contributed by atoms with Crippen LogP contribution in [0.25, 0.3) is 11.3 Å². The molecule has 2 aromatic rings. The SMILES string of the molecule is Cc1ccc(-c2nsc(N)c2Br)cc1. The molecule has 0 atom stereocenters. The number of benzene rings is 1. The third-order valence-corrected chi connectivity index (χ3v) is 3.72. The van der Waals surface area contributed by atoms with Crippen LogP contribution < -0.4 is 5.73 Å². The molecule has 2 rings (SSSR count). The molecular weight excluding hydrogens is 260 g/mol. The number of nitrogens with zero attached hydrogens (tertiary/aromatic N) is 1. The van der Waals surface area contributed by atoms with Crippen LogP contribution in [0.4, 0.5) is 5.00 Å². The van der Waals surface area contributed by atoms with Crippen molar-refractivity contribution < 1.29 is 0 Å². The monoisotopic (exact) mass is 268 g/mol. The number of aryl methyl sites for hydroxylation is 1. The van der Waals surface area contributed by atoms with E-state index >= 15 is 0 Å². The van der Waals surface area contributed by atoms with Gasteiger partial charge < -0.3 is 5.73 Å². The summed E-state index contributed by atoms with van der Waals surface area (Å²) in [5.74, 6) is 0. The number of aromatic nitrogens is 1. The lowest BCUT2D eigenvalue weighted by molar-refractivity contribution is 1.44. The minimum absolute atomic E-state index is 0.723. The Balaban J connectivity index is 2.49. The summed E-state index contributed by atoms with van der Waals surface area (Å²) in [4.78, 5) is 0. The zero-order chi connectivity index (χ0) is 10.1. The van der Waals surface area contributed by atoms with Crippen LogP contribution >= 0.6 is 27.5 Å². The van der Waals surface area contributed by atoms with E-state index in [1.165, 1.54) is 17.1 Å². The van der Waals surface area contributed by atoms with Gasteiger partial charge in [-0.2, -0.15) is 4.37 Å². The van der Waals surface area contributed by atoms with Gasteiger partial charge in [-0.1, -0.05) is 29.8 Å². The van der Waals surface area contributed by atoms with E-state index in [1.54, 1.807) is 0 Å². The van der Waals surface area contributed by atoms with Gasteiger partial charge in [0.25, 0.3) is 0 Å². The standard InChI is InChI=1S/C10H9BrN2S/c1-6-2-4-7(5-3-6)9-8(11)10(12)14-13-9/h2-5H,12H2,1H3. The van der Waals surface area contributed by atoms with E-state index in [0.29, 0.717) is 0 Å². The second-order valence-corrected chi connectivity index (χ2v) is 4.67. The predicted molar refractivity (Wildman–Crippen MR) is 64.4 cm³/mol. The summed E-state index contributed by atoms with van der Waals surface area (Å²) in [6.07, 6.45) is 0. The van der Waals surface area contributed by atoms with Crippen molar-refractivity contribution in [1.29, 1.82) is 0 Å². The van der Waals surface area contributed by atoms with E-state index in [0.717, 1.165) is 20.7 Å². The summed E-state index contributed by atoms with van der Waals surface area (Å²) in [5.41, 5.74) is 8.98. The summed E-state index contributed by atoms with van der Waals surface area (Å²) in [7, 11) is 0. The van der Waals surface area contributed by atoms with E-state index < -0.39 is 0 Å². The molecule has 72 valence electrons. The maximum Gasteiger partial charge on any atom is 0.121 e. The summed E-state index contributed by atoms with van der Waals surface area (Å²) in [5, 5.41) is 0.723. The molecule has 0 aliphatic carbocycles. The molecule has 0 bridgehead atoms. The Morgan fingerprint density at radius 3 is 2.43 bits per heavy atom. The zero-order valence-corrected chi connectivity index (χ0v) is 10.0. The quantitative estimate of drug-likeness (QED) is 0.861. The number of halogens is 1. The van der Waals surface area contributed by atoms with Gasteiger partial charge in [0.2, 0.25) is 0 Å². The average molecular weight is 269 g/mol. The van der Waals surface area contributed by atoms with Gasteiger partial charge in [-0.15, -0.1) is 0 Å². The summed E-state index contributed by atoms with van der Waals surface area (Å²) >= 11 is 4.74. The first-order valence-corrected chi connectivity index (χ1v) is 5.73. The first-order valence-electron chi connectivity index (χ1n) is 4.16. The molecule has 0 spiro atoms. The van der Waals surface area contributed by atoms with Crippen molar-refractivity contribution >= 4 is 32.5 Å². The molecule has 2 nitrogen and oxygen atoms in total. The van der Waals surface area contributed by atoms with Gasteiger partial charge in [-0.05, 0) is 34.4 Å². The minimum atomic E-state index is 0.723. The van der Waals surface area contributed by atoms with Crippen molar-refractivity contribution in [3.05, 3.63) is 34.3 Å². The van der Waals surface area contributed by atoms with Gasteiger partial charge in [0.1, 0.15) is 10.7 Å². The fraction of sp³-hybridized carbons (Fsp3) is 0.100. The number of nitrogens with two attached hydrogens (primary N) is 1. The lowest BCUT2D eigenvalue weighted by Gasteiger charge is -1.98. The van der Waals surface area contributed by atoms with Crippen molar-refractivity contribution in [2.45, 2.75) is 6.92 Å². The molecule has 0 aliphatic heterocycles. The molecule has 0 unspecified atom stereocenters. The van der Waals surface area contributed by atoms with Crippen molar-refractivity contribution in [3.63, 3.8) is 0 Å². The molecule has 1 aromatic carbocycles. The summed E-state index contributed by atoms with van der Waals surface area (Å²) in [6, 6.07) is 8.23. The Hall–Kier alpha value is -0.870. The van der Waals surface area contributed by atoms with E-state index in [9.17, 15) is 0 Å². The van der Waals surface area contributed by atoms with E-state index in [1.807, 2.05) is 0 Å². The Labute approximate surface area is 95.1 Å². The topological polar surface area (TPSA) is 38.9 Å². The fourth-order valence-electron chi connectivity index (χ4n) is 1.18. The number of hydrogen-bond acceptors (Lipinski definition) is 3. The lowest BCUT2D eigenvalue weighted by atomic mass is 10.1. The van der Waals surface area contributed by atoms with Crippen LogP contribution in [0.2, 0.25) is 0 Å². The summed E-state index contributed by atoms with van der Waals surface area (Å²) in [6.45, 7) is 2.06. The smallest absolute Gasteiger partial charge is 0.121 e. The van der Waals surface area contributed by atoms with E-state index in [-0.39, 0.29) is 0 Å². The molecule has 2 N–H and O–H groups in total. The van der Waals surface area contributed by atoms with Crippen LogP contribution in [0, 0.1) is 6.92 Å². The fourth-order valence-corrected chi connectivity index (χ4v) is 2.40. The minimum Gasteiger partial charge on any atom is -0.388 e. The predicted octanol–water partition coefficient (Wildman–Crippen LogP) is 3.46. The highest BCUT2D eigenvalue weighted by molar-refractivity contribution is 9.10. The first kappa shape index (κ1) is 9.68. The van der Waals surface area contributed by atoms with Gasteiger partial charge in [-0.25, -0.2) is 0 Å². The zero-order valence-electron chi connectivity index (χ0n) is 7.62. The average Bonchev–Trinajstić information content (AvgIpc) is 2.50. The van der Waals surface area contributed by atoms with Crippen molar-refractivity contribution in [2.24, 2.45) is 0 Å². The molecule has 0 radical (unpaired) electrons. The van der Waals surface area contributed by atoms with Gasteiger partial charge in [0.15, 0.2) is 0 Å². The molecule has 4 heteroatoms. The number of hydrogen-bond donors (Lipinski definition) is 1. The third-order valence-electron chi connectivity index (χ3n) is 1.98. The van der Waals surface area contributed by atoms with E-state index in [2.05, 4.69) is 51.5 Å². The molecule has 1 heterocycles. The largest absolute Gasteiger partial charge is 0.388 e. The molecule has 14 heavy (non-hydrogen) atoms. The van der Waals surface area contributed by atoms with E-state index in [4.69, 9.17) is 5.73 Å². The Kier molecular flexibility index (Phi) is 2.56. The number of nitrogen functional groups attached to an aromatic ring is 1. The number of anilines is 1. The molecule has 0 saturated carbocycles. The van der Waals surface area contributed by atoms with Crippen LogP contribution in [0.1, 0.15) is 5.56 Å². The highest BCUT2D eigenvalue weighted by Crippen LogP contribution is 2.34. The Bertz CT molecular complexity index is 448. The first-order chi connectivity index (χ1) is 6.68. The second kappa shape index (κ2) is 3.71. The van der Waals surface area contributed by atoms with Gasteiger partial charge in [0.05, 0.1) is 4.47 Å². The molecular formula is C10H9BrN2S. The highest BCUT2D eigenvalue weighted by atomic mass is 79.9. The molecule has 0 fully saturated rings. The molecule has 0 saturated heterocycles. The van der Waals surface area contributed by atoms with Crippen LogP contribution in [-0.2, 0) is 0 Å². The van der Waals surface area contributed by atoms with Crippen molar-refractivity contribution in [3.8, 4) is 11.3 Å². The normalized spacial score (nSPS) is 10.4. The van der Waals surface area contributed by atoms with Crippen molar-refractivity contribution in [1.82, 2.24) is 4.37 Å². The molecule has 1 aromatic heterocycles. The third kappa shape index (κ3) is 1.67. The highest BCUT2D eigenvalue weighted by Gasteiger charge is 2.09. The maximum absolute atomic E-state index is 5.72. The molecule has 0 aliphatic rings. The maximum atomic E-state index is 5.72. The van der Waals surface area contributed by atoms with Crippen LogP contribution in [0.15, 0.2) is 28.7 Å². The molecule has 0 amide bonds. The van der Waals surface area contributed by atoms with Gasteiger partial charge >= 0.3 is 0 Å². The van der Waals surface area contributed by atoms with Crippen LogP contribution in [0.3, 0.4) is 0 Å². The van der Waals surface area contributed by atoms with Crippen LogP contribution in [-0.4, -0.2) is 4.37 Å².